The summed E-state index contributed by atoms with van der Waals surface area (Å²) >= 11 is 3.15. The molecule has 0 aliphatic rings. The Balaban J connectivity index is 3.24. The number of rotatable bonds is 4. The largest absolute Gasteiger partial charge is 0.478 e. The molecule has 0 aromatic heterocycles. The lowest BCUT2D eigenvalue weighted by atomic mass is 10.0. The minimum Gasteiger partial charge on any atom is -0.478 e. The van der Waals surface area contributed by atoms with Crippen LogP contribution in [-0.4, -0.2) is 17.0 Å². The van der Waals surface area contributed by atoms with Crippen molar-refractivity contribution in [1.29, 1.82) is 0 Å². The number of esters is 1. The second-order valence-electron chi connectivity index (χ2n) is 3.49. The van der Waals surface area contributed by atoms with Gasteiger partial charge in [0.1, 0.15) is 5.82 Å². The number of halogens is 2. The van der Waals surface area contributed by atoms with Crippen LogP contribution in [0.5, 0.6) is 0 Å². The van der Waals surface area contributed by atoms with Crippen molar-refractivity contribution in [3.05, 3.63) is 46.2 Å². The number of aliphatic carboxylic acids is 1. The molecule has 4 nitrogen and oxygen atoms in total. The van der Waals surface area contributed by atoms with Crippen LogP contribution >= 0.6 is 15.9 Å². The van der Waals surface area contributed by atoms with Gasteiger partial charge in [0.05, 0.1) is 5.57 Å². The Morgan fingerprint density at radius 3 is 2.61 bits per heavy atom. The smallest absolute Gasteiger partial charge is 0.335 e. The molecule has 0 spiro atoms. The molecule has 0 bridgehead atoms. The molecule has 1 aromatic rings. The van der Waals surface area contributed by atoms with Gasteiger partial charge in [0, 0.05) is 17.0 Å². The fourth-order valence-electron chi connectivity index (χ4n) is 1.32. The van der Waals surface area contributed by atoms with E-state index in [-0.39, 0.29) is 11.1 Å². The summed E-state index contributed by atoms with van der Waals surface area (Å²) in [6.45, 7) is 4.47. The third kappa shape index (κ3) is 3.40. The first kappa shape index (κ1) is 14.4. The zero-order chi connectivity index (χ0) is 13.9. The number of hydrogen-bond donors (Lipinski definition) is 1. The molecule has 1 atom stereocenters. The van der Waals surface area contributed by atoms with Crippen LogP contribution in [0.4, 0.5) is 4.39 Å². The van der Waals surface area contributed by atoms with Crippen LogP contribution in [0.25, 0.3) is 0 Å². The zero-order valence-corrected chi connectivity index (χ0v) is 11.0. The third-order valence-electron chi connectivity index (χ3n) is 2.12. The van der Waals surface area contributed by atoms with E-state index < -0.39 is 23.9 Å². The highest BCUT2D eigenvalue weighted by Crippen LogP contribution is 2.31. The van der Waals surface area contributed by atoms with Gasteiger partial charge in [-0.05, 0) is 18.2 Å². The standard InChI is InChI=1S/C12H10BrFO4/c1-6(12(16)17)11(18-7(2)15)9-5-8(14)3-4-10(9)13/h3-5,11H,1H2,2H3,(H,16,17). The topological polar surface area (TPSA) is 63.6 Å². The molecule has 1 unspecified atom stereocenters. The van der Waals surface area contributed by atoms with E-state index in [4.69, 9.17) is 9.84 Å². The maximum Gasteiger partial charge on any atom is 0.335 e. The number of carbonyl (C=O) groups is 2. The van der Waals surface area contributed by atoms with Gasteiger partial charge in [-0.25, -0.2) is 9.18 Å². The average molecular weight is 317 g/mol. The van der Waals surface area contributed by atoms with Crippen molar-refractivity contribution in [2.45, 2.75) is 13.0 Å². The Morgan fingerprint density at radius 2 is 2.11 bits per heavy atom. The van der Waals surface area contributed by atoms with Crippen molar-refractivity contribution in [2.75, 3.05) is 0 Å². The Labute approximate surface area is 111 Å². The van der Waals surface area contributed by atoms with Crippen molar-refractivity contribution < 1.29 is 23.8 Å². The van der Waals surface area contributed by atoms with E-state index in [1.54, 1.807) is 0 Å². The minimum atomic E-state index is -1.32. The normalized spacial score (nSPS) is 11.7. The summed E-state index contributed by atoms with van der Waals surface area (Å²) in [5.41, 5.74) is -0.158. The highest BCUT2D eigenvalue weighted by atomic mass is 79.9. The van der Waals surface area contributed by atoms with Gasteiger partial charge >= 0.3 is 11.9 Å². The van der Waals surface area contributed by atoms with Gasteiger partial charge in [-0.1, -0.05) is 22.5 Å². The Morgan fingerprint density at radius 1 is 1.50 bits per heavy atom. The van der Waals surface area contributed by atoms with Gasteiger partial charge in [-0.2, -0.15) is 0 Å². The van der Waals surface area contributed by atoms with Crippen LogP contribution in [-0.2, 0) is 14.3 Å². The Kier molecular flexibility index (Phi) is 4.61. The summed E-state index contributed by atoms with van der Waals surface area (Å²) in [4.78, 5) is 21.9. The molecule has 1 N–H and O–H groups in total. The summed E-state index contributed by atoms with van der Waals surface area (Å²) in [6.07, 6.45) is -1.23. The average Bonchev–Trinajstić information content (AvgIpc) is 2.28. The summed E-state index contributed by atoms with van der Waals surface area (Å²) in [6, 6.07) is 3.68. The molecule has 0 amide bonds. The van der Waals surface area contributed by atoms with Crippen molar-refractivity contribution in [1.82, 2.24) is 0 Å². The fourth-order valence-corrected chi connectivity index (χ4v) is 1.77. The summed E-state index contributed by atoms with van der Waals surface area (Å²) in [5, 5.41) is 8.89. The molecule has 0 aliphatic heterocycles. The van der Waals surface area contributed by atoms with E-state index in [2.05, 4.69) is 22.5 Å². The van der Waals surface area contributed by atoms with Crippen molar-refractivity contribution in [2.24, 2.45) is 0 Å². The molecule has 0 saturated carbocycles. The molecule has 0 aliphatic carbocycles. The summed E-state index contributed by atoms with van der Waals surface area (Å²) in [5.74, 6) is -2.57. The van der Waals surface area contributed by atoms with Crippen LogP contribution < -0.4 is 0 Å². The van der Waals surface area contributed by atoms with Crippen molar-refractivity contribution in [3.63, 3.8) is 0 Å². The molecular formula is C12H10BrFO4. The first-order chi connectivity index (χ1) is 8.32. The lowest BCUT2D eigenvalue weighted by Crippen LogP contribution is -2.16. The van der Waals surface area contributed by atoms with Crippen molar-refractivity contribution >= 4 is 27.9 Å². The van der Waals surface area contributed by atoms with Gasteiger partial charge in [0.25, 0.3) is 0 Å². The summed E-state index contributed by atoms with van der Waals surface area (Å²) in [7, 11) is 0. The molecule has 6 heteroatoms. The molecule has 1 aromatic carbocycles. The number of carbonyl (C=O) groups excluding carboxylic acids is 1. The molecule has 1 rings (SSSR count). The number of carboxylic acid groups (broad SMARTS) is 1. The number of hydrogen-bond acceptors (Lipinski definition) is 3. The SMILES string of the molecule is C=C(C(=O)O)C(OC(C)=O)c1cc(F)ccc1Br. The maximum atomic E-state index is 13.2. The monoisotopic (exact) mass is 316 g/mol. The van der Waals surface area contributed by atoms with Gasteiger partial charge in [0.15, 0.2) is 6.10 Å². The predicted molar refractivity (Wildman–Crippen MR) is 65.4 cm³/mol. The van der Waals surface area contributed by atoms with Gasteiger partial charge in [0.2, 0.25) is 0 Å². The second-order valence-corrected chi connectivity index (χ2v) is 4.34. The van der Waals surface area contributed by atoms with E-state index in [0.29, 0.717) is 4.47 Å². The highest BCUT2D eigenvalue weighted by molar-refractivity contribution is 9.10. The predicted octanol–water partition coefficient (Wildman–Crippen LogP) is 2.83. The number of carboxylic acids is 1. The van der Waals surface area contributed by atoms with Crippen molar-refractivity contribution in [3.8, 4) is 0 Å². The van der Waals surface area contributed by atoms with E-state index >= 15 is 0 Å². The van der Waals surface area contributed by atoms with Crippen LogP contribution in [0.15, 0.2) is 34.8 Å². The molecule has 96 valence electrons. The molecule has 0 saturated heterocycles. The first-order valence-corrected chi connectivity index (χ1v) is 5.66. The van der Waals surface area contributed by atoms with E-state index in [1.807, 2.05) is 0 Å². The Bertz CT molecular complexity index is 513. The van der Waals surface area contributed by atoms with E-state index in [9.17, 15) is 14.0 Å². The van der Waals surface area contributed by atoms with Crippen LogP contribution in [0, 0.1) is 5.82 Å². The molecule has 18 heavy (non-hydrogen) atoms. The van der Waals surface area contributed by atoms with Crippen LogP contribution in [0.1, 0.15) is 18.6 Å². The Hall–Kier alpha value is -1.69. The quantitative estimate of drug-likeness (QED) is 0.685. The molecular weight excluding hydrogens is 307 g/mol. The van der Waals surface area contributed by atoms with Gasteiger partial charge in [-0.15, -0.1) is 0 Å². The fraction of sp³-hybridized carbons (Fsp3) is 0.167. The molecule has 0 fully saturated rings. The van der Waals surface area contributed by atoms with Gasteiger partial charge < -0.3 is 9.84 Å². The molecule has 0 radical (unpaired) electrons. The van der Waals surface area contributed by atoms with E-state index in [1.165, 1.54) is 12.1 Å². The van der Waals surface area contributed by atoms with E-state index in [0.717, 1.165) is 13.0 Å². The lowest BCUT2D eigenvalue weighted by molar-refractivity contribution is -0.146. The first-order valence-electron chi connectivity index (χ1n) is 4.87. The maximum absolute atomic E-state index is 13.2. The summed E-state index contributed by atoms with van der Waals surface area (Å²) < 4.78 is 18.5. The minimum absolute atomic E-state index is 0.192. The lowest BCUT2D eigenvalue weighted by Gasteiger charge is -2.18. The number of ether oxygens (including phenoxy) is 1. The molecule has 0 heterocycles. The van der Waals surface area contributed by atoms with Crippen LogP contribution in [0.3, 0.4) is 0 Å². The zero-order valence-electron chi connectivity index (χ0n) is 9.44. The second kappa shape index (κ2) is 5.77. The number of benzene rings is 1. The third-order valence-corrected chi connectivity index (χ3v) is 2.84. The van der Waals surface area contributed by atoms with Crippen LogP contribution in [0.2, 0.25) is 0 Å². The van der Waals surface area contributed by atoms with Gasteiger partial charge in [-0.3, -0.25) is 4.79 Å². The highest BCUT2D eigenvalue weighted by Gasteiger charge is 2.25.